The van der Waals surface area contributed by atoms with Crippen LogP contribution in [0.4, 0.5) is 0 Å². The highest BCUT2D eigenvalue weighted by Crippen LogP contribution is 2.34. The molecule has 5 N–H and O–H groups in total. The van der Waals surface area contributed by atoms with Crippen LogP contribution in [0.25, 0.3) is 10.9 Å². The van der Waals surface area contributed by atoms with Gasteiger partial charge in [0.2, 0.25) is 5.91 Å². The standard InChI is InChI=1S/C18H24N2O5/c1-9-15(22)16(23)17(24)18(25-9)11-3-4-14-13(7-11)12(8-20-14)5-6-19-10(2)21/h3-4,7-9,15-18,20,22-24H,5-6H2,1-2H3,(H,19,21)/t9-,15-,16+,17+,18-/m0/s1. The molecule has 1 aromatic heterocycles. The second-order valence-electron chi connectivity index (χ2n) is 6.59. The van der Waals surface area contributed by atoms with Gasteiger partial charge >= 0.3 is 0 Å². The van der Waals surface area contributed by atoms with Crippen LogP contribution >= 0.6 is 0 Å². The van der Waals surface area contributed by atoms with Gasteiger partial charge in [-0.1, -0.05) is 6.07 Å². The Morgan fingerprint density at radius 3 is 2.72 bits per heavy atom. The summed E-state index contributed by atoms with van der Waals surface area (Å²) in [7, 11) is 0. The summed E-state index contributed by atoms with van der Waals surface area (Å²) in [5, 5.41) is 33.9. The lowest BCUT2D eigenvalue weighted by atomic mass is 9.91. The van der Waals surface area contributed by atoms with Gasteiger partial charge in [-0.15, -0.1) is 0 Å². The Labute approximate surface area is 145 Å². The number of carbonyl (C=O) groups excluding carboxylic acids is 1. The van der Waals surface area contributed by atoms with Crippen LogP contribution in [0.2, 0.25) is 0 Å². The smallest absolute Gasteiger partial charge is 0.216 e. The fourth-order valence-corrected chi connectivity index (χ4v) is 3.28. The normalized spacial score (nSPS) is 29.7. The van der Waals surface area contributed by atoms with E-state index in [9.17, 15) is 20.1 Å². The minimum absolute atomic E-state index is 0.0687. The summed E-state index contributed by atoms with van der Waals surface area (Å²) >= 11 is 0. The largest absolute Gasteiger partial charge is 0.388 e. The third kappa shape index (κ3) is 3.55. The molecule has 1 amide bonds. The van der Waals surface area contributed by atoms with Crippen molar-refractivity contribution in [2.75, 3.05) is 6.54 Å². The molecule has 0 spiro atoms. The van der Waals surface area contributed by atoms with E-state index in [2.05, 4.69) is 10.3 Å². The van der Waals surface area contributed by atoms with Crippen LogP contribution in [0.5, 0.6) is 0 Å². The van der Waals surface area contributed by atoms with Crippen molar-refractivity contribution in [3.05, 3.63) is 35.5 Å². The van der Waals surface area contributed by atoms with Crippen LogP contribution in [-0.4, -0.2) is 57.2 Å². The van der Waals surface area contributed by atoms with Crippen molar-refractivity contribution < 1.29 is 24.9 Å². The zero-order valence-electron chi connectivity index (χ0n) is 14.3. The van der Waals surface area contributed by atoms with E-state index in [4.69, 9.17) is 4.74 Å². The Hall–Kier alpha value is -1.93. The first kappa shape index (κ1) is 17.9. The van der Waals surface area contributed by atoms with E-state index >= 15 is 0 Å². The molecule has 0 unspecified atom stereocenters. The minimum atomic E-state index is -1.25. The van der Waals surface area contributed by atoms with Crippen LogP contribution in [0.15, 0.2) is 24.4 Å². The number of aliphatic hydroxyl groups excluding tert-OH is 3. The Balaban J connectivity index is 1.86. The maximum atomic E-state index is 11.0. The maximum absolute atomic E-state index is 11.0. The number of fused-ring (bicyclic) bond motifs is 1. The van der Waals surface area contributed by atoms with E-state index in [0.29, 0.717) is 13.0 Å². The zero-order chi connectivity index (χ0) is 18.1. The second-order valence-corrected chi connectivity index (χ2v) is 6.59. The molecule has 2 aromatic rings. The summed E-state index contributed by atoms with van der Waals surface area (Å²) in [4.78, 5) is 14.2. The number of benzene rings is 1. The molecule has 1 aliphatic heterocycles. The molecular weight excluding hydrogens is 324 g/mol. The molecule has 1 aromatic carbocycles. The number of H-pyrrole nitrogens is 1. The van der Waals surface area contributed by atoms with E-state index in [0.717, 1.165) is 22.0 Å². The molecule has 0 radical (unpaired) electrons. The summed E-state index contributed by atoms with van der Waals surface area (Å²) in [5.41, 5.74) is 2.73. The first-order chi connectivity index (χ1) is 11.9. The van der Waals surface area contributed by atoms with Gasteiger partial charge in [-0.05, 0) is 36.6 Å². The van der Waals surface area contributed by atoms with Gasteiger partial charge in [0.1, 0.15) is 24.4 Å². The Morgan fingerprint density at radius 1 is 1.24 bits per heavy atom. The lowest BCUT2D eigenvalue weighted by molar-refractivity contribution is -0.219. The number of aromatic nitrogens is 1. The molecule has 0 bridgehead atoms. The molecule has 1 aliphatic rings. The molecule has 0 aliphatic carbocycles. The molecule has 1 fully saturated rings. The van der Waals surface area contributed by atoms with Gasteiger partial charge in [-0.2, -0.15) is 0 Å². The highest BCUT2D eigenvalue weighted by Gasteiger charge is 2.42. The number of hydrogen-bond acceptors (Lipinski definition) is 5. The van der Waals surface area contributed by atoms with Crippen molar-refractivity contribution in [3.63, 3.8) is 0 Å². The van der Waals surface area contributed by atoms with Gasteiger partial charge in [0.15, 0.2) is 0 Å². The average molecular weight is 348 g/mol. The first-order valence-electron chi connectivity index (χ1n) is 8.42. The lowest BCUT2D eigenvalue weighted by Gasteiger charge is -2.39. The third-order valence-electron chi connectivity index (χ3n) is 4.74. The number of carbonyl (C=O) groups is 1. The summed E-state index contributed by atoms with van der Waals surface area (Å²) < 4.78 is 5.72. The van der Waals surface area contributed by atoms with Crippen molar-refractivity contribution in [1.29, 1.82) is 0 Å². The number of rotatable bonds is 4. The minimum Gasteiger partial charge on any atom is -0.388 e. The molecule has 136 valence electrons. The van der Waals surface area contributed by atoms with Crippen molar-refractivity contribution in [2.45, 2.75) is 50.8 Å². The Morgan fingerprint density at radius 2 is 2.00 bits per heavy atom. The monoisotopic (exact) mass is 348 g/mol. The molecule has 3 rings (SSSR count). The van der Waals surface area contributed by atoms with Crippen LogP contribution in [0.3, 0.4) is 0 Å². The molecule has 2 heterocycles. The topological polar surface area (TPSA) is 115 Å². The fourth-order valence-electron chi connectivity index (χ4n) is 3.28. The van der Waals surface area contributed by atoms with E-state index in [1.54, 1.807) is 6.92 Å². The zero-order valence-corrected chi connectivity index (χ0v) is 14.3. The van der Waals surface area contributed by atoms with Gasteiger partial charge in [-0.3, -0.25) is 4.79 Å². The van der Waals surface area contributed by atoms with Crippen molar-refractivity contribution in [2.24, 2.45) is 0 Å². The van der Waals surface area contributed by atoms with Gasteiger partial charge < -0.3 is 30.4 Å². The number of aromatic amines is 1. The molecule has 25 heavy (non-hydrogen) atoms. The van der Waals surface area contributed by atoms with Crippen LogP contribution in [0.1, 0.15) is 31.1 Å². The molecule has 0 saturated carbocycles. The highest BCUT2D eigenvalue weighted by atomic mass is 16.5. The van der Waals surface area contributed by atoms with Crippen LogP contribution in [0, 0.1) is 0 Å². The van der Waals surface area contributed by atoms with Crippen molar-refractivity contribution >= 4 is 16.8 Å². The molecular formula is C18H24N2O5. The number of hydrogen-bond donors (Lipinski definition) is 5. The highest BCUT2D eigenvalue weighted by molar-refractivity contribution is 5.84. The number of nitrogens with one attached hydrogen (secondary N) is 2. The molecule has 7 nitrogen and oxygen atoms in total. The third-order valence-corrected chi connectivity index (χ3v) is 4.74. The predicted molar refractivity (Wildman–Crippen MR) is 92.0 cm³/mol. The van der Waals surface area contributed by atoms with Gasteiger partial charge in [0, 0.05) is 30.6 Å². The summed E-state index contributed by atoms with van der Waals surface area (Å²) in [6, 6.07) is 5.64. The summed E-state index contributed by atoms with van der Waals surface area (Å²) in [6.07, 6.45) is -2.29. The van der Waals surface area contributed by atoms with Gasteiger partial charge in [0.05, 0.1) is 6.10 Å². The number of ether oxygens (including phenoxy) is 1. The first-order valence-corrected chi connectivity index (χ1v) is 8.42. The quantitative estimate of drug-likeness (QED) is 0.548. The molecule has 1 saturated heterocycles. The summed E-state index contributed by atoms with van der Waals surface area (Å²) in [6.45, 7) is 3.69. The van der Waals surface area contributed by atoms with E-state index < -0.39 is 30.5 Å². The van der Waals surface area contributed by atoms with Crippen LogP contribution < -0.4 is 5.32 Å². The second kappa shape index (κ2) is 7.13. The van der Waals surface area contributed by atoms with Crippen molar-refractivity contribution in [3.8, 4) is 0 Å². The van der Waals surface area contributed by atoms with Gasteiger partial charge in [0.25, 0.3) is 0 Å². The number of amides is 1. The van der Waals surface area contributed by atoms with E-state index in [1.165, 1.54) is 6.92 Å². The summed E-state index contributed by atoms with van der Waals surface area (Å²) in [5.74, 6) is -0.0687. The maximum Gasteiger partial charge on any atom is 0.216 e. The Bertz CT molecular complexity index is 759. The predicted octanol–water partition coefficient (Wildman–Crippen LogP) is 0.389. The van der Waals surface area contributed by atoms with Crippen LogP contribution in [-0.2, 0) is 16.0 Å². The van der Waals surface area contributed by atoms with Gasteiger partial charge in [-0.25, -0.2) is 0 Å². The van der Waals surface area contributed by atoms with E-state index in [-0.39, 0.29) is 5.91 Å². The van der Waals surface area contributed by atoms with Crippen molar-refractivity contribution in [1.82, 2.24) is 10.3 Å². The molecule has 5 atom stereocenters. The van der Waals surface area contributed by atoms with E-state index in [1.807, 2.05) is 24.4 Å². The average Bonchev–Trinajstić information content (AvgIpc) is 2.98. The molecule has 7 heteroatoms. The number of aliphatic hydroxyl groups is 3. The SMILES string of the molecule is CC(=O)NCCc1c[nH]c2ccc([C@@H]3O[C@@H](C)[C@H](O)[C@@H](O)[C@H]3O)cc12. The Kier molecular flexibility index (Phi) is 5.10. The lowest BCUT2D eigenvalue weighted by Crippen LogP contribution is -2.53. The fraction of sp³-hybridized carbons (Fsp3) is 0.500.